The molecular formula is C14H14N6OS. The lowest BCUT2D eigenvalue weighted by atomic mass is 10.3. The van der Waals surface area contributed by atoms with E-state index in [1.807, 2.05) is 25.1 Å². The molecule has 0 radical (unpaired) electrons. The van der Waals surface area contributed by atoms with Gasteiger partial charge < -0.3 is 5.32 Å². The molecule has 3 heterocycles. The molecule has 0 aliphatic rings. The lowest BCUT2D eigenvalue weighted by molar-refractivity contribution is -0.116. The molecule has 22 heavy (non-hydrogen) atoms. The van der Waals surface area contributed by atoms with Crippen LogP contribution in [-0.2, 0) is 11.3 Å². The molecule has 0 saturated heterocycles. The molecule has 0 unspecified atom stereocenters. The van der Waals surface area contributed by atoms with E-state index in [0.29, 0.717) is 18.1 Å². The van der Waals surface area contributed by atoms with Crippen molar-refractivity contribution in [1.82, 2.24) is 24.7 Å². The Bertz CT molecular complexity index is 753. The van der Waals surface area contributed by atoms with Gasteiger partial charge in [0, 0.05) is 12.6 Å². The number of aryl methyl sites for hydroxylation is 2. The van der Waals surface area contributed by atoms with Gasteiger partial charge in [0.2, 0.25) is 5.91 Å². The van der Waals surface area contributed by atoms with Crippen molar-refractivity contribution in [2.24, 2.45) is 0 Å². The van der Waals surface area contributed by atoms with E-state index in [2.05, 4.69) is 25.4 Å². The molecule has 0 atom stereocenters. The zero-order valence-corrected chi connectivity index (χ0v) is 12.7. The average molecular weight is 314 g/mol. The molecule has 0 aliphatic heterocycles. The first kappa shape index (κ1) is 14.3. The maximum Gasteiger partial charge on any atom is 0.228 e. The Morgan fingerprint density at radius 2 is 2.32 bits per heavy atom. The highest BCUT2D eigenvalue weighted by Crippen LogP contribution is 2.31. The van der Waals surface area contributed by atoms with Crippen LogP contribution in [0.2, 0.25) is 0 Å². The predicted octanol–water partition coefficient (Wildman–Crippen LogP) is 2.13. The number of pyridine rings is 1. The third-order valence-electron chi connectivity index (χ3n) is 2.98. The highest BCUT2D eigenvalue weighted by Gasteiger charge is 2.12. The van der Waals surface area contributed by atoms with E-state index in [1.165, 1.54) is 17.7 Å². The fraction of sp³-hybridized carbons (Fsp3) is 0.214. The van der Waals surface area contributed by atoms with Crippen molar-refractivity contribution in [3.05, 3.63) is 42.7 Å². The van der Waals surface area contributed by atoms with Gasteiger partial charge in [-0.05, 0) is 19.1 Å². The number of carbonyl (C=O) groups is 1. The summed E-state index contributed by atoms with van der Waals surface area (Å²) in [5.74, 6) is -0.100. The number of amides is 1. The van der Waals surface area contributed by atoms with E-state index in [1.54, 1.807) is 17.2 Å². The maximum absolute atomic E-state index is 11.9. The standard InChI is InChI=1S/C14H14N6OS/c1-10-13(11-4-2-3-6-16-11)22-14(18-10)19-12(21)5-7-20-9-15-8-17-20/h2-4,6,8-9H,5,7H2,1H3,(H,18,19,21). The van der Waals surface area contributed by atoms with Crippen molar-refractivity contribution >= 4 is 22.4 Å². The van der Waals surface area contributed by atoms with Crippen LogP contribution in [0.4, 0.5) is 5.13 Å². The highest BCUT2D eigenvalue weighted by molar-refractivity contribution is 7.19. The number of thiazole rings is 1. The second-order valence-electron chi connectivity index (χ2n) is 4.61. The zero-order valence-electron chi connectivity index (χ0n) is 11.9. The largest absolute Gasteiger partial charge is 0.302 e. The smallest absolute Gasteiger partial charge is 0.228 e. The Morgan fingerprint density at radius 3 is 3.05 bits per heavy atom. The molecular weight excluding hydrogens is 300 g/mol. The molecule has 3 aromatic heterocycles. The second kappa shape index (κ2) is 6.44. The predicted molar refractivity (Wildman–Crippen MR) is 83.4 cm³/mol. The first-order valence-corrected chi connectivity index (χ1v) is 7.55. The number of aromatic nitrogens is 5. The molecule has 0 aliphatic carbocycles. The van der Waals surface area contributed by atoms with Crippen LogP contribution in [0.25, 0.3) is 10.6 Å². The maximum atomic E-state index is 11.9. The van der Waals surface area contributed by atoms with Crippen LogP contribution in [0.1, 0.15) is 12.1 Å². The van der Waals surface area contributed by atoms with Gasteiger partial charge in [0.25, 0.3) is 0 Å². The van der Waals surface area contributed by atoms with Crippen molar-refractivity contribution in [1.29, 1.82) is 0 Å². The summed E-state index contributed by atoms with van der Waals surface area (Å²) in [5, 5.41) is 7.36. The second-order valence-corrected chi connectivity index (χ2v) is 5.60. The van der Waals surface area contributed by atoms with Crippen molar-refractivity contribution in [3.63, 3.8) is 0 Å². The molecule has 1 amide bonds. The normalized spacial score (nSPS) is 10.6. The van der Waals surface area contributed by atoms with E-state index >= 15 is 0 Å². The number of hydrogen-bond acceptors (Lipinski definition) is 6. The monoisotopic (exact) mass is 314 g/mol. The van der Waals surface area contributed by atoms with Gasteiger partial charge in [-0.1, -0.05) is 17.4 Å². The minimum absolute atomic E-state index is 0.100. The number of hydrogen-bond donors (Lipinski definition) is 1. The Hall–Kier alpha value is -2.61. The SMILES string of the molecule is Cc1nc(NC(=O)CCn2cncn2)sc1-c1ccccn1. The van der Waals surface area contributed by atoms with E-state index in [0.717, 1.165) is 16.3 Å². The third kappa shape index (κ3) is 3.34. The Labute approximate surface area is 131 Å². The van der Waals surface area contributed by atoms with Gasteiger partial charge in [0.15, 0.2) is 5.13 Å². The summed E-state index contributed by atoms with van der Waals surface area (Å²) >= 11 is 1.42. The quantitative estimate of drug-likeness (QED) is 0.779. The number of nitrogens with one attached hydrogen (secondary N) is 1. The van der Waals surface area contributed by atoms with E-state index in [-0.39, 0.29) is 5.91 Å². The average Bonchev–Trinajstić information content (AvgIpc) is 3.16. The van der Waals surface area contributed by atoms with Crippen LogP contribution in [-0.4, -0.2) is 30.6 Å². The molecule has 0 saturated carbocycles. The molecule has 0 spiro atoms. The minimum atomic E-state index is -0.100. The molecule has 7 nitrogen and oxygen atoms in total. The Kier molecular flexibility index (Phi) is 4.19. The fourth-order valence-corrected chi connectivity index (χ4v) is 2.89. The number of nitrogens with zero attached hydrogens (tertiary/aromatic N) is 5. The summed E-state index contributed by atoms with van der Waals surface area (Å²) in [6, 6.07) is 5.72. The van der Waals surface area contributed by atoms with Gasteiger partial charge in [-0.15, -0.1) is 0 Å². The molecule has 3 aromatic rings. The van der Waals surface area contributed by atoms with Crippen LogP contribution in [0.5, 0.6) is 0 Å². The number of anilines is 1. The van der Waals surface area contributed by atoms with Crippen molar-refractivity contribution in [2.45, 2.75) is 19.9 Å². The van der Waals surface area contributed by atoms with Crippen LogP contribution < -0.4 is 5.32 Å². The van der Waals surface area contributed by atoms with Gasteiger partial charge in [0.05, 0.1) is 22.8 Å². The molecule has 0 bridgehead atoms. The summed E-state index contributed by atoms with van der Waals surface area (Å²) < 4.78 is 1.62. The zero-order chi connectivity index (χ0) is 15.4. The summed E-state index contributed by atoms with van der Waals surface area (Å²) in [4.78, 5) is 25.4. The molecule has 0 fully saturated rings. The fourth-order valence-electron chi connectivity index (χ4n) is 1.93. The van der Waals surface area contributed by atoms with E-state index in [9.17, 15) is 4.79 Å². The lowest BCUT2D eigenvalue weighted by Crippen LogP contribution is -2.14. The first-order valence-electron chi connectivity index (χ1n) is 6.73. The van der Waals surface area contributed by atoms with Gasteiger partial charge in [-0.3, -0.25) is 14.5 Å². The summed E-state index contributed by atoms with van der Waals surface area (Å²) in [5.41, 5.74) is 1.72. The molecule has 0 aromatic carbocycles. The summed E-state index contributed by atoms with van der Waals surface area (Å²) in [6.45, 7) is 2.40. The van der Waals surface area contributed by atoms with E-state index in [4.69, 9.17) is 0 Å². The topological polar surface area (TPSA) is 85.6 Å². The molecule has 1 N–H and O–H groups in total. The minimum Gasteiger partial charge on any atom is -0.302 e. The van der Waals surface area contributed by atoms with Gasteiger partial charge in [-0.2, -0.15) is 5.10 Å². The number of rotatable bonds is 5. The van der Waals surface area contributed by atoms with Gasteiger partial charge in [0.1, 0.15) is 12.7 Å². The highest BCUT2D eigenvalue weighted by atomic mass is 32.1. The molecule has 112 valence electrons. The van der Waals surface area contributed by atoms with Gasteiger partial charge >= 0.3 is 0 Å². The number of carbonyl (C=O) groups excluding carboxylic acids is 1. The van der Waals surface area contributed by atoms with Crippen LogP contribution in [0.3, 0.4) is 0 Å². The van der Waals surface area contributed by atoms with Crippen molar-refractivity contribution in [2.75, 3.05) is 5.32 Å². The van der Waals surface area contributed by atoms with Crippen molar-refractivity contribution < 1.29 is 4.79 Å². The lowest BCUT2D eigenvalue weighted by Gasteiger charge is -2.01. The molecule has 8 heteroatoms. The third-order valence-corrected chi connectivity index (χ3v) is 4.07. The van der Waals surface area contributed by atoms with Crippen molar-refractivity contribution in [3.8, 4) is 10.6 Å². The Morgan fingerprint density at radius 1 is 1.41 bits per heavy atom. The molecule has 3 rings (SSSR count). The Balaban J connectivity index is 1.64. The summed E-state index contributed by atoms with van der Waals surface area (Å²) in [7, 11) is 0. The van der Waals surface area contributed by atoms with Gasteiger partial charge in [-0.25, -0.2) is 9.97 Å². The van der Waals surface area contributed by atoms with E-state index < -0.39 is 0 Å². The summed E-state index contributed by atoms with van der Waals surface area (Å²) in [6.07, 6.45) is 5.09. The van der Waals surface area contributed by atoms with Crippen LogP contribution >= 0.6 is 11.3 Å². The first-order chi connectivity index (χ1) is 10.7. The van der Waals surface area contributed by atoms with Crippen LogP contribution in [0.15, 0.2) is 37.1 Å². The van der Waals surface area contributed by atoms with Crippen LogP contribution in [0, 0.1) is 6.92 Å².